The van der Waals surface area contributed by atoms with Gasteiger partial charge in [-0.05, 0) is 25.7 Å². The molecular formula is C9H15NO5S. The van der Waals surface area contributed by atoms with Gasteiger partial charge in [0.25, 0.3) is 0 Å². The number of carbonyl (C=O) groups is 2. The maximum atomic E-state index is 11.4. The van der Waals surface area contributed by atoms with E-state index in [9.17, 15) is 18.0 Å². The number of aliphatic carboxylic acids is 1. The van der Waals surface area contributed by atoms with Crippen LogP contribution in [0.4, 0.5) is 0 Å². The van der Waals surface area contributed by atoms with Gasteiger partial charge >= 0.3 is 5.97 Å². The van der Waals surface area contributed by atoms with Crippen molar-refractivity contribution >= 4 is 21.7 Å². The zero-order chi connectivity index (χ0) is 12.3. The van der Waals surface area contributed by atoms with Crippen LogP contribution in [0.1, 0.15) is 19.8 Å². The van der Waals surface area contributed by atoms with Crippen molar-refractivity contribution in [1.29, 1.82) is 0 Å². The third-order valence-corrected chi connectivity index (χ3v) is 4.45. The Bertz CT molecular complexity index is 385. The molecule has 1 aliphatic rings. The van der Waals surface area contributed by atoms with Crippen molar-refractivity contribution in [3.63, 3.8) is 0 Å². The molecule has 0 aliphatic heterocycles. The van der Waals surface area contributed by atoms with Crippen LogP contribution in [0.15, 0.2) is 0 Å². The van der Waals surface area contributed by atoms with Gasteiger partial charge in [0.1, 0.15) is 5.75 Å². The summed E-state index contributed by atoms with van der Waals surface area (Å²) in [5, 5.41) is 9.49. The highest BCUT2D eigenvalue weighted by Crippen LogP contribution is 2.27. The molecule has 1 atom stereocenters. The summed E-state index contributed by atoms with van der Waals surface area (Å²) < 4.78 is 22.8. The minimum Gasteiger partial charge on any atom is -0.480 e. The van der Waals surface area contributed by atoms with E-state index in [0.717, 1.165) is 19.8 Å². The lowest BCUT2D eigenvalue weighted by atomic mass is 10.4. The van der Waals surface area contributed by atoms with Crippen LogP contribution >= 0.6 is 0 Å². The van der Waals surface area contributed by atoms with Crippen LogP contribution in [0.25, 0.3) is 0 Å². The van der Waals surface area contributed by atoms with Crippen LogP contribution in [0, 0.1) is 5.92 Å². The maximum Gasteiger partial charge on any atom is 0.321 e. The lowest BCUT2D eigenvalue weighted by molar-refractivity contribution is -0.136. The first-order valence-electron chi connectivity index (χ1n) is 5.04. The Morgan fingerprint density at radius 3 is 2.44 bits per heavy atom. The minimum absolute atomic E-state index is 0.462. The average Bonchev–Trinajstić information content (AvgIpc) is 2.96. The van der Waals surface area contributed by atoms with E-state index in [1.54, 1.807) is 0 Å². The van der Waals surface area contributed by atoms with Gasteiger partial charge in [0.05, 0.1) is 0 Å². The SMILES string of the molecule is CC(C(=O)O)S(=O)(=O)CC(=O)NCC1CC1. The van der Waals surface area contributed by atoms with Gasteiger partial charge in [-0.2, -0.15) is 0 Å². The molecule has 1 aliphatic carbocycles. The first-order chi connectivity index (χ1) is 7.33. The van der Waals surface area contributed by atoms with E-state index in [1.165, 1.54) is 0 Å². The number of carbonyl (C=O) groups excluding carboxylic acids is 1. The van der Waals surface area contributed by atoms with E-state index in [0.29, 0.717) is 12.5 Å². The molecule has 0 radical (unpaired) electrons. The van der Waals surface area contributed by atoms with Gasteiger partial charge in [-0.3, -0.25) is 9.59 Å². The van der Waals surface area contributed by atoms with Gasteiger partial charge < -0.3 is 10.4 Å². The summed E-state index contributed by atoms with van der Waals surface area (Å²) in [4.78, 5) is 21.7. The molecular weight excluding hydrogens is 234 g/mol. The van der Waals surface area contributed by atoms with E-state index in [-0.39, 0.29) is 0 Å². The maximum absolute atomic E-state index is 11.4. The van der Waals surface area contributed by atoms with Crippen LogP contribution in [0.3, 0.4) is 0 Å². The predicted molar refractivity (Wildman–Crippen MR) is 56.6 cm³/mol. The molecule has 1 amide bonds. The van der Waals surface area contributed by atoms with E-state index >= 15 is 0 Å². The highest BCUT2D eigenvalue weighted by Gasteiger charge is 2.30. The normalized spacial score (nSPS) is 17.8. The standard InChI is InChI=1S/C9H15NO5S/c1-6(9(12)13)16(14,15)5-8(11)10-4-7-2-3-7/h6-7H,2-5H2,1H3,(H,10,11)(H,12,13). The van der Waals surface area contributed by atoms with Gasteiger partial charge in [-0.25, -0.2) is 8.42 Å². The summed E-state index contributed by atoms with van der Waals surface area (Å²) in [7, 11) is -3.90. The topological polar surface area (TPSA) is 101 Å². The highest BCUT2D eigenvalue weighted by molar-refractivity contribution is 7.93. The number of hydrogen-bond acceptors (Lipinski definition) is 4. The van der Waals surface area contributed by atoms with Crippen molar-refractivity contribution in [3.05, 3.63) is 0 Å². The fourth-order valence-electron chi connectivity index (χ4n) is 1.09. The van der Waals surface area contributed by atoms with Crippen molar-refractivity contribution in [2.24, 2.45) is 5.92 Å². The zero-order valence-electron chi connectivity index (χ0n) is 8.97. The molecule has 0 aromatic heterocycles. The van der Waals surface area contributed by atoms with Crippen molar-refractivity contribution in [1.82, 2.24) is 5.32 Å². The molecule has 16 heavy (non-hydrogen) atoms. The second kappa shape index (κ2) is 4.82. The number of sulfone groups is 1. The Hall–Kier alpha value is -1.11. The Balaban J connectivity index is 2.44. The third kappa shape index (κ3) is 3.80. The molecule has 1 rings (SSSR count). The number of carboxylic acids is 1. The highest BCUT2D eigenvalue weighted by atomic mass is 32.2. The Labute approximate surface area is 93.9 Å². The smallest absolute Gasteiger partial charge is 0.321 e. The van der Waals surface area contributed by atoms with Gasteiger partial charge in [0, 0.05) is 6.54 Å². The molecule has 92 valence electrons. The first-order valence-corrected chi connectivity index (χ1v) is 6.75. The first kappa shape index (κ1) is 13.0. The molecule has 6 nitrogen and oxygen atoms in total. The van der Waals surface area contributed by atoms with Crippen LogP contribution in [0.2, 0.25) is 0 Å². The fraction of sp³-hybridized carbons (Fsp3) is 0.778. The monoisotopic (exact) mass is 249 g/mol. The number of carboxylic acid groups (broad SMARTS) is 1. The van der Waals surface area contributed by atoms with Crippen molar-refractivity contribution < 1.29 is 23.1 Å². The largest absolute Gasteiger partial charge is 0.480 e. The number of rotatable bonds is 6. The van der Waals surface area contributed by atoms with Crippen LogP contribution in [-0.2, 0) is 19.4 Å². The van der Waals surface area contributed by atoms with Crippen LogP contribution in [-0.4, -0.2) is 42.9 Å². The molecule has 2 N–H and O–H groups in total. The summed E-state index contributed by atoms with van der Waals surface area (Å²) in [6.45, 7) is 1.54. The van der Waals surface area contributed by atoms with E-state index in [1.807, 2.05) is 0 Å². The van der Waals surface area contributed by atoms with Gasteiger partial charge in [0.15, 0.2) is 15.1 Å². The predicted octanol–water partition coefficient (Wildman–Crippen LogP) is -0.599. The van der Waals surface area contributed by atoms with Crippen molar-refractivity contribution in [2.75, 3.05) is 12.3 Å². The number of nitrogens with one attached hydrogen (secondary N) is 1. The quantitative estimate of drug-likeness (QED) is 0.654. The summed E-state index contributed by atoms with van der Waals surface area (Å²) in [6.07, 6.45) is 2.11. The van der Waals surface area contributed by atoms with Gasteiger partial charge in [-0.1, -0.05) is 0 Å². The molecule has 0 heterocycles. The van der Waals surface area contributed by atoms with E-state index < -0.39 is 32.7 Å². The molecule has 1 fully saturated rings. The Kier molecular flexibility index (Phi) is 3.90. The Morgan fingerprint density at radius 2 is 2.00 bits per heavy atom. The molecule has 0 bridgehead atoms. The molecule has 0 aromatic rings. The molecule has 0 saturated heterocycles. The average molecular weight is 249 g/mol. The van der Waals surface area contributed by atoms with E-state index in [4.69, 9.17) is 5.11 Å². The molecule has 0 spiro atoms. The Morgan fingerprint density at radius 1 is 1.44 bits per heavy atom. The summed E-state index contributed by atoms with van der Waals surface area (Å²) >= 11 is 0. The number of amides is 1. The lowest BCUT2D eigenvalue weighted by Crippen LogP contribution is -2.37. The van der Waals surface area contributed by atoms with Crippen LogP contribution < -0.4 is 5.32 Å². The van der Waals surface area contributed by atoms with Crippen LogP contribution in [0.5, 0.6) is 0 Å². The van der Waals surface area contributed by atoms with Crippen molar-refractivity contribution in [3.8, 4) is 0 Å². The summed E-state index contributed by atoms with van der Waals surface area (Å²) in [6, 6.07) is 0. The van der Waals surface area contributed by atoms with E-state index in [2.05, 4.69) is 5.32 Å². The van der Waals surface area contributed by atoms with Crippen molar-refractivity contribution in [2.45, 2.75) is 25.0 Å². The zero-order valence-corrected chi connectivity index (χ0v) is 9.79. The number of hydrogen-bond donors (Lipinski definition) is 2. The molecule has 7 heteroatoms. The fourth-order valence-corrected chi connectivity index (χ4v) is 2.12. The van der Waals surface area contributed by atoms with Gasteiger partial charge in [0.2, 0.25) is 5.91 Å². The second-order valence-corrected chi connectivity index (χ2v) is 6.36. The second-order valence-electron chi connectivity index (χ2n) is 4.04. The third-order valence-electron chi connectivity index (χ3n) is 2.50. The molecule has 0 aromatic carbocycles. The molecule has 1 unspecified atom stereocenters. The summed E-state index contributed by atoms with van der Waals surface area (Å²) in [5.41, 5.74) is 0. The molecule has 1 saturated carbocycles. The van der Waals surface area contributed by atoms with Gasteiger partial charge in [-0.15, -0.1) is 0 Å². The summed E-state index contributed by atoms with van der Waals surface area (Å²) in [5.74, 6) is -2.36. The minimum atomic E-state index is -3.90. The lowest BCUT2D eigenvalue weighted by Gasteiger charge is -2.08.